The van der Waals surface area contributed by atoms with Gasteiger partial charge >= 0.3 is 12.3 Å². The number of carbonyl (C=O) groups is 1. The molecular formula is C35H44F3NO4. The van der Waals surface area contributed by atoms with E-state index in [9.17, 15) is 18.0 Å². The molecule has 2 atom stereocenters. The van der Waals surface area contributed by atoms with Gasteiger partial charge in [-0.2, -0.15) is 0 Å². The zero-order valence-corrected chi connectivity index (χ0v) is 26.1. The average Bonchev–Trinajstić information content (AvgIpc) is 3.39. The fourth-order valence-corrected chi connectivity index (χ4v) is 5.88. The van der Waals surface area contributed by atoms with Gasteiger partial charge < -0.3 is 18.8 Å². The molecule has 2 aromatic carbocycles. The first kappa shape index (κ1) is 32.5. The molecule has 1 aliphatic carbocycles. The lowest BCUT2D eigenvalue weighted by Gasteiger charge is -2.32. The number of rotatable bonds is 12. The van der Waals surface area contributed by atoms with E-state index in [1.807, 2.05) is 44.2 Å². The Morgan fingerprint density at radius 1 is 1.07 bits per heavy atom. The molecule has 1 aliphatic rings. The van der Waals surface area contributed by atoms with Crippen molar-refractivity contribution in [2.45, 2.75) is 105 Å². The lowest BCUT2D eigenvalue weighted by atomic mass is 9.86. The number of aromatic nitrogens is 1. The number of hydrogen-bond acceptors (Lipinski definition) is 4. The molecule has 0 aliphatic heterocycles. The molecule has 0 spiro atoms. The molecule has 8 heteroatoms. The van der Waals surface area contributed by atoms with Crippen molar-refractivity contribution in [3.8, 4) is 22.8 Å². The summed E-state index contributed by atoms with van der Waals surface area (Å²) in [7, 11) is 0. The summed E-state index contributed by atoms with van der Waals surface area (Å²) in [6.07, 6.45) is -0.225. The molecule has 0 bridgehead atoms. The smallest absolute Gasteiger partial charge is 0.490 e. The number of unbranched alkanes of at least 4 members (excludes halogenated alkanes) is 2. The second kappa shape index (κ2) is 13.1. The molecule has 0 N–H and O–H groups in total. The van der Waals surface area contributed by atoms with E-state index >= 15 is 0 Å². The van der Waals surface area contributed by atoms with Crippen LogP contribution in [-0.4, -0.2) is 29.1 Å². The van der Waals surface area contributed by atoms with Crippen molar-refractivity contribution < 1.29 is 32.2 Å². The third-order valence-corrected chi connectivity index (χ3v) is 8.27. The summed E-state index contributed by atoms with van der Waals surface area (Å²) < 4.78 is 59.5. The van der Waals surface area contributed by atoms with E-state index in [0.717, 1.165) is 42.1 Å². The highest BCUT2D eigenvalue weighted by atomic mass is 19.4. The summed E-state index contributed by atoms with van der Waals surface area (Å²) in [6, 6.07) is 12.9. The highest BCUT2D eigenvalue weighted by molar-refractivity contribution is 5.89. The van der Waals surface area contributed by atoms with E-state index < -0.39 is 17.7 Å². The van der Waals surface area contributed by atoms with Crippen molar-refractivity contribution in [2.24, 2.45) is 11.3 Å². The van der Waals surface area contributed by atoms with Gasteiger partial charge in [-0.05, 0) is 74.4 Å². The molecule has 234 valence electrons. The summed E-state index contributed by atoms with van der Waals surface area (Å²) in [5.74, 6) is 0.304. The second-order valence-electron chi connectivity index (χ2n) is 12.8. The molecule has 3 aromatic rings. The van der Waals surface area contributed by atoms with E-state index in [1.54, 1.807) is 13.0 Å². The van der Waals surface area contributed by atoms with Crippen molar-refractivity contribution >= 4 is 16.9 Å². The maximum Gasteiger partial charge on any atom is 0.573 e. The van der Waals surface area contributed by atoms with Gasteiger partial charge in [0.05, 0.1) is 11.2 Å². The maximum absolute atomic E-state index is 13.6. The standard InChI is InChI=1S/C35H44F3NO4/c1-8-9-10-11-24-12-15-27(30(18-24)43-35(36,37)38)29-19-25-13-14-26(20-28(25)39(29)21-22(2)3)41-31-16-17-32(34(31,6)7)42-33(40)23(4)5/h12-15,18-20,22,31-32H,4,8-11,16-17,21H2,1-3,5-7H3. The molecule has 1 saturated carbocycles. The van der Waals surface area contributed by atoms with Crippen LogP contribution in [0.25, 0.3) is 22.2 Å². The van der Waals surface area contributed by atoms with Gasteiger partial charge in [0, 0.05) is 34.5 Å². The Kier molecular flexibility index (Phi) is 9.87. The fourth-order valence-electron chi connectivity index (χ4n) is 5.88. The second-order valence-corrected chi connectivity index (χ2v) is 12.8. The minimum atomic E-state index is -4.81. The van der Waals surface area contributed by atoms with Crippen LogP contribution in [0.15, 0.2) is 54.6 Å². The van der Waals surface area contributed by atoms with Crippen molar-refractivity contribution in [3.05, 3.63) is 60.2 Å². The fraction of sp³-hybridized carbons (Fsp3) is 0.514. The van der Waals surface area contributed by atoms with Crippen LogP contribution in [0.2, 0.25) is 0 Å². The van der Waals surface area contributed by atoms with E-state index in [2.05, 4.69) is 36.7 Å². The Hall–Kier alpha value is -3.42. The zero-order chi connectivity index (χ0) is 31.5. The van der Waals surface area contributed by atoms with Crippen LogP contribution in [0.1, 0.15) is 79.2 Å². The summed E-state index contributed by atoms with van der Waals surface area (Å²) in [5, 5.41) is 0.895. The molecule has 1 aromatic heterocycles. The van der Waals surface area contributed by atoms with Gasteiger partial charge in [-0.3, -0.25) is 0 Å². The molecule has 43 heavy (non-hydrogen) atoms. The molecular weight excluding hydrogens is 555 g/mol. The van der Waals surface area contributed by atoms with E-state index in [0.29, 0.717) is 42.0 Å². The first-order valence-corrected chi connectivity index (χ1v) is 15.2. The predicted octanol–water partition coefficient (Wildman–Crippen LogP) is 9.65. The number of fused-ring (bicyclic) bond motifs is 1. The third-order valence-electron chi connectivity index (χ3n) is 8.27. The molecule has 0 amide bonds. The van der Waals surface area contributed by atoms with Crippen LogP contribution in [0.5, 0.6) is 11.5 Å². The highest BCUT2D eigenvalue weighted by Crippen LogP contribution is 2.43. The molecule has 4 rings (SSSR count). The van der Waals surface area contributed by atoms with Crippen molar-refractivity contribution in [1.29, 1.82) is 0 Å². The number of benzene rings is 2. The van der Waals surface area contributed by atoms with Gasteiger partial charge in [-0.15, -0.1) is 13.2 Å². The van der Waals surface area contributed by atoms with Crippen LogP contribution >= 0.6 is 0 Å². The molecule has 5 nitrogen and oxygen atoms in total. The Bertz CT molecular complexity index is 1450. The molecule has 0 radical (unpaired) electrons. The predicted molar refractivity (Wildman–Crippen MR) is 164 cm³/mol. The first-order valence-electron chi connectivity index (χ1n) is 15.2. The van der Waals surface area contributed by atoms with Crippen LogP contribution in [0.3, 0.4) is 0 Å². The lowest BCUT2D eigenvalue weighted by molar-refractivity contribution is -0.274. The van der Waals surface area contributed by atoms with Crippen LogP contribution < -0.4 is 9.47 Å². The monoisotopic (exact) mass is 599 g/mol. The Balaban J connectivity index is 1.70. The lowest BCUT2D eigenvalue weighted by Crippen LogP contribution is -2.38. The zero-order valence-electron chi connectivity index (χ0n) is 26.1. The topological polar surface area (TPSA) is 49.7 Å². The van der Waals surface area contributed by atoms with E-state index in [4.69, 9.17) is 9.47 Å². The van der Waals surface area contributed by atoms with Gasteiger partial charge in [0.25, 0.3) is 0 Å². The van der Waals surface area contributed by atoms with Gasteiger partial charge in [0.2, 0.25) is 0 Å². The van der Waals surface area contributed by atoms with Crippen LogP contribution in [0, 0.1) is 11.3 Å². The number of ether oxygens (including phenoxy) is 3. The van der Waals surface area contributed by atoms with Gasteiger partial charge in [-0.1, -0.05) is 60.1 Å². The van der Waals surface area contributed by atoms with Crippen molar-refractivity contribution in [1.82, 2.24) is 4.57 Å². The number of nitrogens with zero attached hydrogens (tertiary/aromatic N) is 1. The Labute approximate surface area is 253 Å². The Morgan fingerprint density at radius 2 is 1.79 bits per heavy atom. The number of halogens is 3. The van der Waals surface area contributed by atoms with Crippen LogP contribution in [-0.2, 0) is 22.5 Å². The SMILES string of the molecule is C=C(C)C(=O)OC1CCC(Oc2ccc3cc(-c4ccc(CCCCC)cc4OC(F)(F)F)n(CC(C)C)c3c2)C1(C)C. The first-order chi connectivity index (χ1) is 20.2. The minimum absolute atomic E-state index is 0.186. The number of alkyl halides is 3. The average molecular weight is 600 g/mol. The largest absolute Gasteiger partial charge is 0.573 e. The summed E-state index contributed by atoms with van der Waals surface area (Å²) in [5.41, 5.74) is 2.69. The van der Waals surface area contributed by atoms with Gasteiger partial charge in [-0.25, -0.2) is 4.79 Å². The minimum Gasteiger partial charge on any atom is -0.490 e. The maximum atomic E-state index is 13.6. The summed E-state index contributed by atoms with van der Waals surface area (Å²) in [6.45, 7) is 16.2. The van der Waals surface area contributed by atoms with E-state index in [1.165, 1.54) is 6.07 Å². The van der Waals surface area contributed by atoms with Crippen molar-refractivity contribution in [3.63, 3.8) is 0 Å². The molecule has 1 fully saturated rings. The summed E-state index contributed by atoms with van der Waals surface area (Å²) in [4.78, 5) is 12.2. The van der Waals surface area contributed by atoms with Crippen molar-refractivity contribution in [2.75, 3.05) is 0 Å². The van der Waals surface area contributed by atoms with Gasteiger partial charge in [0.15, 0.2) is 0 Å². The number of esters is 1. The normalized spacial score (nSPS) is 18.3. The number of carbonyl (C=O) groups excluding carboxylic acids is 1. The van der Waals surface area contributed by atoms with Gasteiger partial charge in [0.1, 0.15) is 23.7 Å². The quantitative estimate of drug-likeness (QED) is 0.118. The number of aryl methyl sites for hydroxylation is 1. The molecule has 0 saturated heterocycles. The summed E-state index contributed by atoms with van der Waals surface area (Å²) >= 11 is 0. The highest BCUT2D eigenvalue weighted by Gasteiger charge is 2.47. The Morgan fingerprint density at radius 3 is 2.44 bits per heavy atom. The third kappa shape index (κ3) is 7.76. The molecule has 1 heterocycles. The molecule has 2 unspecified atom stereocenters. The van der Waals surface area contributed by atoms with Crippen LogP contribution in [0.4, 0.5) is 13.2 Å². The number of hydrogen-bond donors (Lipinski definition) is 0. The van der Waals surface area contributed by atoms with E-state index in [-0.39, 0.29) is 23.9 Å².